The first kappa shape index (κ1) is 17.0. The van der Waals surface area contributed by atoms with Crippen LogP contribution in [-0.2, 0) is 9.59 Å². The SMILES string of the molecule is CCN1C(=O)C(=C2SC(=S)N(c3ccccc3C)C2=O)c2ccccc21. The molecule has 2 aliphatic rings. The van der Waals surface area contributed by atoms with E-state index in [1.54, 1.807) is 4.90 Å². The first-order valence-electron chi connectivity index (χ1n) is 8.32. The van der Waals surface area contributed by atoms with Crippen molar-refractivity contribution in [2.75, 3.05) is 16.3 Å². The van der Waals surface area contributed by atoms with Gasteiger partial charge >= 0.3 is 0 Å². The Balaban J connectivity index is 1.87. The molecule has 0 unspecified atom stereocenters. The van der Waals surface area contributed by atoms with Gasteiger partial charge in [-0.05, 0) is 31.5 Å². The van der Waals surface area contributed by atoms with Gasteiger partial charge in [-0.2, -0.15) is 0 Å². The second kappa shape index (κ2) is 6.37. The second-order valence-electron chi connectivity index (χ2n) is 6.07. The molecule has 0 atom stereocenters. The molecule has 2 aromatic carbocycles. The summed E-state index contributed by atoms with van der Waals surface area (Å²) in [4.78, 5) is 29.8. The van der Waals surface area contributed by atoms with Crippen molar-refractivity contribution < 1.29 is 9.59 Å². The highest BCUT2D eigenvalue weighted by atomic mass is 32.2. The quantitative estimate of drug-likeness (QED) is 0.580. The maximum atomic E-state index is 13.2. The maximum Gasteiger partial charge on any atom is 0.271 e. The number of hydrogen-bond acceptors (Lipinski definition) is 4. The van der Waals surface area contributed by atoms with Crippen LogP contribution in [0.3, 0.4) is 0 Å². The standard InChI is InChI=1S/C20H16N2O2S2/c1-3-21-15-11-7-5-9-13(15)16(18(21)23)17-19(24)22(20(25)26-17)14-10-6-4-8-12(14)2/h4-11H,3H2,1-2H3. The van der Waals surface area contributed by atoms with E-state index in [2.05, 4.69) is 0 Å². The summed E-state index contributed by atoms with van der Waals surface area (Å²) in [5, 5.41) is 0. The summed E-state index contributed by atoms with van der Waals surface area (Å²) in [5.74, 6) is -0.371. The van der Waals surface area contributed by atoms with E-state index < -0.39 is 0 Å². The van der Waals surface area contributed by atoms with Crippen molar-refractivity contribution in [2.24, 2.45) is 0 Å². The molecule has 130 valence electrons. The Hall–Kier alpha value is -2.44. The summed E-state index contributed by atoms with van der Waals surface area (Å²) in [6.45, 7) is 4.42. The number of aryl methyl sites for hydroxylation is 1. The van der Waals surface area contributed by atoms with Crippen LogP contribution in [0.15, 0.2) is 53.4 Å². The number of carbonyl (C=O) groups is 2. The van der Waals surface area contributed by atoms with Gasteiger partial charge in [0, 0.05) is 12.1 Å². The molecule has 26 heavy (non-hydrogen) atoms. The Bertz CT molecular complexity index is 997. The van der Waals surface area contributed by atoms with E-state index in [4.69, 9.17) is 12.2 Å². The average Bonchev–Trinajstić information content (AvgIpc) is 3.08. The smallest absolute Gasteiger partial charge is 0.271 e. The first-order valence-corrected chi connectivity index (χ1v) is 9.54. The molecule has 2 aromatic rings. The fraction of sp³-hybridized carbons (Fsp3) is 0.150. The topological polar surface area (TPSA) is 40.6 Å². The molecule has 1 fully saturated rings. The molecule has 2 amide bonds. The Kier molecular flexibility index (Phi) is 4.17. The van der Waals surface area contributed by atoms with Crippen LogP contribution >= 0.6 is 24.0 Å². The van der Waals surface area contributed by atoms with E-state index in [0.29, 0.717) is 21.3 Å². The predicted octanol–water partition coefficient (Wildman–Crippen LogP) is 4.14. The largest absolute Gasteiger partial charge is 0.308 e. The Morgan fingerprint density at radius 2 is 1.62 bits per heavy atom. The fourth-order valence-corrected chi connectivity index (χ4v) is 4.71. The van der Waals surface area contributed by atoms with Gasteiger partial charge in [-0.15, -0.1) is 0 Å². The number of benzene rings is 2. The maximum absolute atomic E-state index is 13.2. The number of thiocarbonyl (C=S) groups is 1. The lowest BCUT2D eigenvalue weighted by Gasteiger charge is -2.17. The number of nitrogens with zero attached hydrogens (tertiary/aromatic N) is 2. The van der Waals surface area contributed by atoms with Gasteiger partial charge in [0.25, 0.3) is 11.8 Å². The number of anilines is 2. The molecule has 0 aromatic heterocycles. The molecule has 6 heteroatoms. The number of fused-ring (bicyclic) bond motifs is 1. The molecular formula is C20H16N2O2S2. The van der Waals surface area contributed by atoms with Gasteiger partial charge in [-0.3, -0.25) is 14.5 Å². The fourth-order valence-electron chi connectivity index (χ4n) is 3.35. The number of thioether (sulfide) groups is 1. The van der Waals surface area contributed by atoms with E-state index in [0.717, 1.165) is 22.5 Å². The van der Waals surface area contributed by atoms with Crippen molar-refractivity contribution >= 4 is 57.1 Å². The van der Waals surface area contributed by atoms with Gasteiger partial charge in [-0.1, -0.05) is 60.4 Å². The second-order valence-corrected chi connectivity index (χ2v) is 7.71. The number of hydrogen-bond donors (Lipinski definition) is 0. The minimum Gasteiger partial charge on any atom is -0.308 e. The Morgan fingerprint density at radius 3 is 2.31 bits per heavy atom. The minimum atomic E-state index is -0.231. The number of amides is 2. The normalized spacial score (nSPS) is 19.5. The van der Waals surface area contributed by atoms with Gasteiger partial charge in [0.2, 0.25) is 0 Å². The molecule has 0 N–H and O–H groups in total. The summed E-state index contributed by atoms with van der Waals surface area (Å²) in [6, 6.07) is 15.2. The highest BCUT2D eigenvalue weighted by molar-refractivity contribution is 8.27. The lowest BCUT2D eigenvalue weighted by Crippen LogP contribution is -2.29. The third-order valence-electron chi connectivity index (χ3n) is 4.59. The predicted molar refractivity (Wildman–Crippen MR) is 110 cm³/mol. The van der Waals surface area contributed by atoms with Crippen molar-refractivity contribution in [1.29, 1.82) is 0 Å². The van der Waals surface area contributed by atoms with E-state index >= 15 is 0 Å². The summed E-state index contributed by atoms with van der Waals surface area (Å²) in [7, 11) is 0. The van der Waals surface area contributed by atoms with Crippen LogP contribution in [0.2, 0.25) is 0 Å². The van der Waals surface area contributed by atoms with Crippen LogP contribution in [0.1, 0.15) is 18.1 Å². The highest BCUT2D eigenvalue weighted by Gasteiger charge is 2.42. The molecule has 0 spiro atoms. The number of carbonyl (C=O) groups excluding carboxylic acids is 2. The van der Waals surface area contributed by atoms with Crippen molar-refractivity contribution in [3.8, 4) is 0 Å². The van der Waals surface area contributed by atoms with Gasteiger partial charge in [0.1, 0.15) is 0 Å². The molecular weight excluding hydrogens is 364 g/mol. The Labute approximate surface area is 161 Å². The lowest BCUT2D eigenvalue weighted by atomic mass is 10.1. The van der Waals surface area contributed by atoms with E-state index in [1.807, 2.05) is 62.4 Å². The summed E-state index contributed by atoms with van der Waals surface area (Å²) >= 11 is 6.68. The number of para-hydroxylation sites is 2. The highest BCUT2D eigenvalue weighted by Crippen LogP contribution is 2.45. The van der Waals surface area contributed by atoms with Crippen LogP contribution in [-0.4, -0.2) is 22.7 Å². The lowest BCUT2D eigenvalue weighted by molar-refractivity contribution is -0.115. The minimum absolute atomic E-state index is 0.140. The van der Waals surface area contributed by atoms with Crippen molar-refractivity contribution in [1.82, 2.24) is 0 Å². The van der Waals surface area contributed by atoms with Crippen LogP contribution < -0.4 is 9.80 Å². The zero-order valence-electron chi connectivity index (χ0n) is 14.4. The van der Waals surface area contributed by atoms with Gasteiger partial charge in [-0.25, -0.2) is 0 Å². The van der Waals surface area contributed by atoms with Crippen LogP contribution in [0.5, 0.6) is 0 Å². The summed E-state index contributed by atoms with van der Waals surface area (Å²) < 4.78 is 0.451. The zero-order valence-corrected chi connectivity index (χ0v) is 16.0. The first-order chi connectivity index (χ1) is 12.5. The molecule has 0 radical (unpaired) electrons. The summed E-state index contributed by atoms with van der Waals surface area (Å²) in [6.07, 6.45) is 0. The third kappa shape index (κ3) is 2.40. The third-order valence-corrected chi connectivity index (χ3v) is 5.96. The molecule has 4 nitrogen and oxygen atoms in total. The zero-order chi connectivity index (χ0) is 18.4. The van der Waals surface area contributed by atoms with E-state index in [-0.39, 0.29) is 11.8 Å². The number of rotatable bonds is 2. The monoisotopic (exact) mass is 380 g/mol. The van der Waals surface area contributed by atoms with Crippen LogP contribution in [0.4, 0.5) is 11.4 Å². The molecule has 0 saturated carbocycles. The molecule has 4 rings (SSSR count). The van der Waals surface area contributed by atoms with E-state index in [9.17, 15) is 9.59 Å². The van der Waals surface area contributed by atoms with Crippen LogP contribution in [0, 0.1) is 6.92 Å². The molecule has 0 bridgehead atoms. The van der Waals surface area contributed by atoms with Gasteiger partial charge in [0.15, 0.2) is 4.32 Å². The number of likely N-dealkylation sites (N-methyl/N-ethyl adjacent to an activating group) is 1. The van der Waals surface area contributed by atoms with Crippen molar-refractivity contribution in [2.45, 2.75) is 13.8 Å². The van der Waals surface area contributed by atoms with Gasteiger partial charge in [0.05, 0.1) is 21.9 Å². The van der Waals surface area contributed by atoms with Crippen LogP contribution in [0.25, 0.3) is 5.57 Å². The van der Waals surface area contributed by atoms with Gasteiger partial charge < -0.3 is 4.90 Å². The van der Waals surface area contributed by atoms with Crippen molar-refractivity contribution in [3.05, 3.63) is 64.6 Å². The average molecular weight is 380 g/mol. The molecule has 2 heterocycles. The molecule has 1 saturated heterocycles. The van der Waals surface area contributed by atoms with Crippen molar-refractivity contribution in [3.63, 3.8) is 0 Å². The Morgan fingerprint density at radius 1 is 0.962 bits per heavy atom. The summed E-state index contributed by atoms with van der Waals surface area (Å²) in [5.41, 5.74) is 3.82. The molecule has 2 aliphatic heterocycles. The molecule has 0 aliphatic carbocycles. The van der Waals surface area contributed by atoms with E-state index in [1.165, 1.54) is 16.7 Å².